The normalized spacial score (nSPS) is 11.2. The lowest BCUT2D eigenvalue weighted by atomic mass is 10.1. The molecule has 0 radical (unpaired) electrons. The first kappa shape index (κ1) is 28.5. The molecule has 3 aromatic carbocycles. The molecule has 1 amide bonds. The molecule has 4 aromatic rings. The van der Waals surface area contributed by atoms with Gasteiger partial charge in [0.1, 0.15) is 5.75 Å². The van der Waals surface area contributed by atoms with Crippen LogP contribution in [0.1, 0.15) is 22.3 Å². The molecule has 208 valence electrons. The molecule has 13 heteroatoms. The van der Waals surface area contributed by atoms with E-state index in [2.05, 4.69) is 15.0 Å². The van der Waals surface area contributed by atoms with Gasteiger partial charge < -0.3 is 20.1 Å². The van der Waals surface area contributed by atoms with Crippen molar-refractivity contribution in [1.29, 1.82) is 0 Å². The number of alkyl halides is 3. The van der Waals surface area contributed by atoms with Crippen molar-refractivity contribution in [3.05, 3.63) is 94.9 Å². The lowest BCUT2D eigenvalue weighted by Crippen LogP contribution is -2.26. The Morgan fingerprint density at radius 1 is 0.975 bits per heavy atom. The summed E-state index contributed by atoms with van der Waals surface area (Å²) in [5.41, 5.74) is 2.20. The molecule has 7 nitrogen and oxygen atoms in total. The SMILES string of the molecule is O=C(O)CCNC(=O)c1ccc(CN(c2ccc(OC(F)(F)F)cc2)c2nc(-c3ccc(F)c(F)c3)cs2)cc1. The second-order valence-electron chi connectivity index (χ2n) is 8.37. The maximum absolute atomic E-state index is 13.8. The molecule has 40 heavy (non-hydrogen) atoms. The number of carbonyl (C=O) groups excluding carboxylic acids is 1. The van der Waals surface area contributed by atoms with E-state index in [0.717, 1.165) is 24.3 Å². The Hall–Kier alpha value is -4.52. The summed E-state index contributed by atoms with van der Waals surface area (Å²) in [6, 6.07) is 15.0. The minimum absolute atomic E-state index is 0.0257. The zero-order valence-electron chi connectivity index (χ0n) is 20.4. The number of hydrogen-bond acceptors (Lipinski definition) is 6. The number of thiazole rings is 1. The molecule has 0 saturated carbocycles. The van der Waals surface area contributed by atoms with Crippen LogP contribution in [-0.2, 0) is 11.3 Å². The number of ether oxygens (including phenoxy) is 1. The van der Waals surface area contributed by atoms with Crippen LogP contribution in [0.4, 0.5) is 32.8 Å². The predicted octanol–water partition coefficient (Wildman–Crippen LogP) is 6.53. The van der Waals surface area contributed by atoms with Crippen molar-refractivity contribution in [3.63, 3.8) is 0 Å². The van der Waals surface area contributed by atoms with Crippen molar-refractivity contribution < 1.29 is 41.4 Å². The molecule has 0 aliphatic heterocycles. The van der Waals surface area contributed by atoms with Crippen molar-refractivity contribution in [2.24, 2.45) is 0 Å². The molecule has 1 heterocycles. The number of nitrogens with zero attached hydrogens (tertiary/aromatic N) is 2. The molecule has 0 fully saturated rings. The fraction of sp³-hybridized carbons (Fsp3) is 0.148. The van der Waals surface area contributed by atoms with Gasteiger partial charge in [0.05, 0.1) is 18.7 Å². The molecule has 0 spiro atoms. The number of amides is 1. The topological polar surface area (TPSA) is 91.8 Å². The number of hydrogen-bond donors (Lipinski definition) is 2. The number of aromatic nitrogens is 1. The number of carboxylic acid groups (broad SMARTS) is 1. The van der Waals surface area contributed by atoms with Gasteiger partial charge in [-0.25, -0.2) is 13.8 Å². The first-order valence-electron chi connectivity index (χ1n) is 11.6. The monoisotopic (exact) mass is 577 g/mol. The number of carbonyl (C=O) groups is 2. The number of benzene rings is 3. The number of nitrogens with one attached hydrogen (secondary N) is 1. The Labute approximate surface area is 228 Å². The first-order valence-corrected chi connectivity index (χ1v) is 12.5. The maximum atomic E-state index is 13.8. The van der Waals surface area contributed by atoms with Gasteiger partial charge in [-0.3, -0.25) is 9.59 Å². The van der Waals surface area contributed by atoms with Gasteiger partial charge in [-0.05, 0) is 60.2 Å². The number of rotatable bonds is 10. The first-order chi connectivity index (χ1) is 19.0. The summed E-state index contributed by atoms with van der Waals surface area (Å²) in [7, 11) is 0. The summed E-state index contributed by atoms with van der Waals surface area (Å²) in [4.78, 5) is 29.1. The van der Waals surface area contributed by atoms with Crippen LogP contribution in [0.5, 0.6) is 5.75 Å². The third-order valence-electron chi connectivity index (χ3n) is 5.50. The minimum atomic E-state index is -4.85. The Morgan fingerprint density at radius 3 is 2.30 bits per heavy atom. The van der Waals surface area contributed by atoms with E-state index in [1.165, 1.54) is 29.5 Å². The number of anilines is 2. The van der Waals surface area contributed by atoms with E-state index in [4.69, 9.17) is 5.11 Å². The molecule has 0 atom stereocenters. The Kier molecular flexibility index (Phi) is 8.63. The van der Waals surface area contributed by atoms with Crippen LogP contribution in [0, 0.1) is 11.6 Å². The molecule has 0 saturated heterocycles. The molecule has 1 aromatic heterocycles. The van der Waals surface area contributed by atoms with E-state index in [0.29, 0.717) is 33.2 Å². The van der Waals surface area contributed by atoms with Gasteiger partial charge in [0.15, 0.2) is 16.8 Å². The van der Waals surface area contributed by atoms with Crippen LogP contribution in [0.3, 0.4) is 0 Å². The Balaban J connectivity index is 1.60. The average molecular weight is 578 g/mol. The zero-order chi connectivity index (χ0) is 28.9. The molecule has 4 rings (SSSR count). The second-order valence-corrected chi connectivity index (χ2v) is 9.21. The molecule has 0 aliphatic carbocycles. The van der Waals surface area contributed by atoms with Crippen LogP contribution in [-0.4, -0.2) is 34.9 Å². The van der Waals surface area contributed by atoms with Gasteiger partial charge in [0.25, 0.3) is 5.91 Å². The summed E-state index contributed by atoms with van der Waals surface area (Å²) in [5, 5.41) is 13.3. The lowest BCUT2D eigenvalue weighted by Gasteiger charge is -2.23. The van der Waals surface area contributed by atoms with Crippen LogP contribution in [0.25, 0.3) is 11.3 Å². The van der Waals surface area contributed by atoms with Gasteiger partial charge >= 0.3 is 12.3 Å². The predicted molar refractivity (Wildman–Crippen MR) is 137 cm³/mol. The van der Waals surface area contributed by atoms with Crippen LogP contribution >= 0.6 is 11.3 Å². The van der Waals surface area contributed by atoms with E-state index in [9.17, 15) is 31.5 Å². The molecular weight excluding hydrogens is 557 g/mol. The number of halogens is 5. The standard InChI is InChI=1S/C27H20F5N3O4S/c28-21-10-5-18(13-22(21)29)23-15-40-26(34-23)35(19-6-8-20(9-7-19)39-27(30,31)32)14-16-1-3-17(4-2-16)25(38)33-12-11-24(36)37/h1-10,13,15H,11-12,14H2,(H,33,38)(H,36,37). The quantitative estimate of drug-likeness (QED) is 0.208. The van der Waals surface area contributed by atoms with Gasteiger partial charge in [-0.1, -0.05) is 12.1 Å². The summed E-state index contributed by atoms with van der Waals surface area (Å²) in [6.07, 6.45) is -5.07. The number of carboxylic acids is 1. The smallest absolute Gasteiger partial charge is 0.481 e. The molecule has 0 aliphatic rings. The van der Waals surface area contributed by atoms with E-state index in [1.807, 2.05) is 0 Å². The fourth-order valence-corrected chi connectivity index (χ4v) is 4.46. The summed E-state index contributed by atoms with van der Waals surface area (Å²) in [5.74, 6) is -3.92. The average Bonchev–Trinajstić information content (AvgIpc) is 3.39. The summed E-state index contributed by atoms with van der Waals surface area (Å²) >= 11 is 1.19. The molecular formula is C27H20F5N3O4S. The summed E-state index contributed by atoms with van der Waals surface area (Å²) < 4.78 is 69.0. The highest BCUT2D eigenvalue weighted by Gasteiger charge is 2.31. The van der Waals surface area contributed by atoms with E-state index >= 15 is 0 Å². The van der Waals surface area contributed by atoms with Crippen molar-refractivity contribution in [3.8, 4) is 17.0 Å². The van der Waals surface area contributed by atoms with Gasteiger partial charge in [0.2, 0.25) is 0 Å². The van der Waals surface area contributed by atoms with Gasteiger partial charge in [-0.15, -0.1) is 24.5 Å². The summed E-state index contributed by atoms with van der Waals surface area (Å²) in [6.45, 7) is 0.160. The highest BCUT2D eigenvalue weighted by molar-refractivity contribution is 7.14. The molecule has 2 N–H and O–H groups in total. The van der Waals surface area contributed by atoms with E-state index in [1.54, 1.807) is 34.5 Å². The Bertz CT molecular complexity index is 1490. The van der Waals surface area contributed by atoms with E-state index in [-0.39, 0.29) is 19.5 Å². The van der Waals surface area contributed by atoms with Crippen molar-refractivity contribution >= 4 is 34.0 Å². The highest BCUT2D eigenvalue weighted by Crippen LogP contribution is 2.35. The molecule has 0 unspecified atom stereocenters. The number of aliphatic carboxylic acids is 1. The van der Waals surface area contributed by atoms with Crippen molar-refractivity contribution in [2.75, 3.05) is 11.4 Å². The largest absolute Gasteiger partial charge is 0.573 e. The van der Waals surface area contributed by atoms with Gasteiger partial charge in [-0.2, -0.15) is 0 Å². The fourth-order valence-electron chi connectivity index (χ4n) is 3.60. The highest BCUT2D eigenvalue weighted by atomic mass is 32.1. The third kappa shape index (κ3) is 7.53. The van der Waals surface area contributed by atoms with E-state index < -0.39 is 35.6 Å². The zero-order valence-corrected chi connectivity index (χ0v) is 21.2. The van der Waals surface area contributed by atoms with Crippen LogP contribution in [0.15, 0.2) is 72.1 Å². The lowest BCUT2D eigenvalue weighted by molar-refractivity contribution is -0.274. The van der Waals surface area contributed by atoms with Crippen LogP contribution < -0.4 is 15.0 Å². The van der Waals surface area contributed by atoms with Crippen molar-refractivity contribution in [2.45, 2.75) is 19.3 Å². The third-order valence-corrected chi connectivity index (χ3v) is 6.37. The van der Waals surface area contributed by atoms with Crippen LogP contribution in [0.2, 0.25) is 0 Å². The maximum Gasteiger partial charge on any atom is 0.573 e. The second kappa shape index (κ2) is 12.1. The minimum Gasteiger partial charge on any atom is -0.481 e. The van der Waals surface area contributed by atoms with Gasteiger partial charge in [0, 0.05) is 28.7 Å². The molecule has 0 bridgehead atoms. The van der Waals surface area contributed by atoms with Crippen molar-refractivity contribution in [1.82, 2.24) is 10.3 Å². The Morgan fingerprint density at radius 2 is 1.68 bits per heavy atom.